The zero-order valence-corrected chi connectivity index (χ0v) is 21.1. The predicted octanol–water partition coefficient (Wildman–Crippen LogP) is 1.24. The van der Waals surface area contributed by atoms with Crippen molar-refractivity contribution in [1.82, 2.24) is 10.3 Å². The van der Waals surface area contributed by atoms with Crippen molar-refractivity contribution < 1.29 is 28.0 Å². The number of nitrogens with zero attached hydrogens (tertiary/aromatic N) is 2. The molecule has 2 aromatic rings. The highest BCUT2D eigenvalue weighted by Gasteiger charge is 2.34. The van der Waals surface area contributed by atoms with Crippen LogP contribution < -0.4 is 10.2 Å². The average Bonchev–Trinajstić information content (AvgIpc) is 2.86. The van der Waals surface area contributed by atoms with Crippen LogP contribution in [-0.4, -0.2) is 74.5 Å². The fourth-order valence-corrected chi connectivity index (χ4v) is 6.15. The van der Waals surface area contributed by atoms with Gasteiger partial charge in [-0.3, -0.25) is 4.79 Å². The third-order valence-corrected chi connectivity index (χ3v) is 8.83. The quantitative estimate of drug-likeness (QED) is 0.382. The number of morpholine rings is 1. The molecule has 11 heteroatoms. The highest BCUT2D eigenvalue weighted by Crippen LogP contribution is 2.31. The first-order valence-electron chi connectivity index (χ1n) is 12.5. The number of ether oxygens (including phenoxy) is 1. The molecule has 1 aromatic carbocycles. The highest BCUT2D eigenvalue weighted by molar-refractivity contribution is 7.91. The van der Waals surface area contributed by atoms with E-state index < -0.39 is 40.5 Å². The summed E-state index contributed by atoms with van der Waals surface area (Å²) in [4.78, 5) is 19.7. The van der Waals surface area contributed by atoms with E-state index in [4.69, 9.17) is 4.74 Å². The lowest BCUT2D eigenvalue weighted by Crippen LogP contribution is -2.50. The topological polar surface area (TPSA) is 129 Å². The van der Waals surface area contributed by atoms with Crippen LogP contribution in [0, 0.1) is 11.8 Å². The van der Waals surface area contributed by atoms with Crippen LogP contribution in [0.15, 0.2) is 53.6 Å². The molecule has 4 rings (SSSR count). The van der Waals surface area contributed by atoms with Crippen molar-refractivity contribution in [2.45, 2.75) is 42.9 Å². The predicted molar refractivity (Wildman–Crippen MR) is 137 cm³/mol. The highest BCUT2D eigenvalue weighted by atomic mass is 32.2. The van der Waals surface area contributed by atoms with Gasteiger partial charge in [-0.15, -0.1) is 0 Å². The lowest BCUT2D eigenvalue weighted by atomic mass is 9.69. The molecule has 1 saturated carbocycles. The summed E-state index contributed by atoms with van der Waals surface area (Å²) in [6.45, 7) is 2.58. The van der Waals surface area contributed by atoms with E-state index in [1.807, 2.05) is 35.2 Å². The maximum atomic E-state index is 13.3. The first kappa shape index (κ1) is 26.6. The average molecular weight is 515 g/mol. The van der Waals surface area contributed by atoms with E-state index >= 15 is 0 Å². The maximum absolute atomic E-state index is 13.3. The summed E-state index contributed by atoms with van der Waals surface area (Å²) in [5.74, 6) is -1.63. The van der Waals surface area contributed by atoms with E-state index in [0.717, 1.165) is 24.8 Å². The molecule has 2 aliphatic rings. The Balaban J connectivity index is 1.49. The van der Waals surface area contributed by atoms with Crippen LogP contribution in [0.2, 0.25) is 0 Å². The Bertz CT molecular complexity index is 1090. The largest absolute Gasteiger partial charge is 0.475 e. The number of carbonyl (C=O) groups excluding carboxylic acids is 1. The molecule has 0 spiro atoms. The molecule has 2 atom stereocenters. The lowest BCUT2D eigenvalue weighted by molar-refractivity contribution is -0.124. The van der Waals surface area contributed by atoms with Gasteiger partial charge in [0.2, 0.25) is 5.91 Å². The fourth-order valence-electron chi connectivity index (χ4n) is 4.67. The van der Waals surface area contributed by atoms with Crippen molar-refractivity contribution in [1.29, 1.82) is 0 Å². The Hall–Kier alpha value is -2.47. The van der Waals surface area contributed by atoms with E-state index in [9.17, 15) is 23.3 Å². The minimum Gasteiger partial charge on any atom is -0.426 e. The smallest absolute Gasteiger partial charge is 0.426 e. The third-order valence-electron chi connectivity index (χ3n) is 7.03. The molecule has 1 aliphatic heterocycles. The number of rotatable bonds is 11. The normalized spacial score (nSPS) is 18.2. The van der Waals surface area contributed by atoms with Crippen molar-refractivity contribution in [3.8, 4) is 0 Å². The zero-order valence-electron chi connectivity index (χ0n) is 20.3. The Morgan fingerprint density at radius 2 is 1.86 bits per heavy atom. The summed E-state index contributed by atoms with van der Waals surface area (Å²) < 4.78 is 32.0. The van der Waals surface area contributed by atoms with Gasteiger partial charge in [-0.1, -0.05) is 49.6 Å². The zero-order chi connectivity index (χ0) is 25.5. The van der Waals surface area contributed by atoms with E-state index in [0.29, 0.717) is 44.5 Å². The number of hydrogen-bond donors (Lipinski definition) is 3. The standard InChI is InChI=1S/C25H34BN3O6S/c30-25(28-23(26(31)32)16-20-7-4-8-20)21(15-19-5-2-1-3-6-19)18-36(33,34)22-9-10-24(27-17-22)29-11-13-35-14-12-29/h1-3,5-6,9-10,17,20-21,23,31-32H,4,7-8,11-16,18H2,(H,28,30)/t21-,23+/m1/s1. The SMILES string of the molecule is O=C(N[C@@H](CC1CCC1)B(O)O)[C@H](Cc1ccccc1)CS(=O)(=O)c1ccc(N2CCOCC2)nc1. The second-order valence-corrected chi connectivity index (χ2v) is 11.7. The van der Waals surface area contributed by atoms with Gasteiger partial charge >= 0.3 is 7.12 Å². The fraction of sp³-hybridized carbons (Fsp3) is 0.520. The summed E-state index contributed by atoms with van der Waals surface area (Å²) in [6, 6.07) is 12.4. The van der Waals surface area contributed by atoms with E-state index in [-0.39, 0.29) is 11.3 Å². The van der Waals surface area contributed by atoms with Crippen LogP contribution >= 0.6 is 0 Å². The molecule has 1 aromatic heterocycles. The van der Waals surface area contributed by atoms with Crippen LogP contribution in [0.3, 0.4) is 0 Å². The number of hydrogen-bond acceptors (Lipinski definition) is 8. The van der Waals surface area contributed by atoms with Crippen LogP contribution in [0.25, 0.3) is 0 Å². The molecule has 1 aliphatic carbocycles. The van der Waals surface area contributed by atoms with Crippen LogP contribution in [-0.2, 0) is 25.8 Å². The number of amides is 1. The van der Waals surface area contributed by atoms with E-state index in [1.165, 1.54) is 12.3 Å². The summed E-state index contributed by atoms with van der Waals surface area (Å²) in [7, 11) is -5.54. The molecule has 194 valence electrons. The van der Waals surface area contributed by atoms with E-state index in [2.05, 4.69) is 10.3 Å². The first-order chi connectivity index (χ1) is 17.3. The number of anilines is 1. The molecule has 1 saturated heterocycles. The molecule has 0 unspecified atom stereocenters. The van der Waals surface area contributed by atoms with Gasteiger partial charge in [-0.05, 0) is 36.5 Å². The molecule has 2 heterocycles. The van der Waals surface area contributed by atoms with Gasteiger partial charge in [0.1, 0.15) is 5.82 Å². The van der Waals surface area contributed by atoms with Gasteiger partial charge in [0, 0.05) is 19.3 Å². The number of sulfone groups is 1. The minimum atomic E-state index is -3.84. The van der Waals surface area contributed by atoms with Crippen molar-refractivity contribution in [3.05, 3.63) is 54.2 Å². The second kappa shape index (κ2) is 12.2. The Morgan fingerprint density at radius 1 is 1.14 bits per heavy atom. The number of aromatic nitrogens is 1. The Kier molecular flexibility index (Phi) is 9.00. The minimum absolute atomic E-state index is 0.0542. The summed E-state index contributed by atoms with van der Waals surface area (Å²) >= 11 is 0. The van der Waals surface area contributed by atoms with Crippen LogP contribution in [0.4, 0.5) is 5.82 Å². The van der Waals surface area contributed by atoms with Crippen molar-refractivity contribution in [3.63, 3.8) is 0 Å². The molecule has 2 fully saturated rings. The first-order valence-corrected chi connectivity index (χ1v) is 14.2. The molecule has 36 heavy (non-hydrogen) atoms. The third kappa shape index (κ3) is 7.06. The van der Waals surface area contributed by atoms with E-state index in [1.54, 1.807) is 6.07 Å². The van der Waals surface area contributed by atoms with Crippen LogP contribution in [0.5, 0.6) is 0 Å². The second-order valence-electron chi connectivity index (χ2n) is 9.68. The van der Waals surface area contributed by atoms with Gasteiger partial charge in [0.15, 0.2) is 9.84 Å². The molecule has 9 nitrogen and oxygen atoms in total. The summed E-state index contributed by atoms with van der Waals surface area (Å²) in [5, 5.41) is 22.4. The van der Waals surface area contributed by atoms with Crippen molar-refractivity contribution in [2.24, 2.45) is 11.8 Å². The molecule has 3 N–H and O–H groups in total. The Labute approximate surface area is 212 Å². The van der Waals surface area contributed by atoms with Crippen molar-refractivity contribution in [2.75, 3.05) is 37.0 Å². The number of pyridine rings is 1. The number of carbonyl (C=O) groups is 1. The molecular weight excluding hydrogens is 481 g/mol. The molecule has 1 amide bonds. The monoisotopic (exact) mass is 515 g/mol. The number of benzene rings is 1. The molecular formula is C25H34BN3O6S. The lowest BCUT2D eigenvalue weighted by Gasteiger charge is -2.30. The molecule has 0 bridgehead atoms. The summed E-state index contributed by atoms with van der Waals surface area (Å²) in [5.41, 5.74) is 0.828. The van der Waals surface area contributed by atoms with Crippen LogP contribution in [0.1, 0.15) is 31.2 Å². The van der Waals surface area contributed by atoms with Gasteiger partial charge in [0.05, 0.1) is 35.7 Å². The van der Waals surface area contributed by atoms with Gasteiger partial charge < -0.3 is 25.0 Å². The van der Waals surface area contributed by atoms with Gasteiger partial charge in [-0.2, -0.15) is 0 Å². The van der Waals surface area contributed by atoms with Crippen molar-refractivity contribution >= 4 is 28.7 Å². The Morgan fingerprint density at radius 3 is 2.44 bits per heavy atom. The maximum Gasteiger partial charge on any atom is 0.475 e. The summed E-state index contributed by atoms with van der Waals surface area (Å²) in [6.07, 6.45) is 5.10. The molecule has 0 radical (unpaired) electrons. The van der Waals surface area contributed by atoms with Gasteiger partial charge in [0.25, 0.3) is 0 Å². The van der Waals surface area contributed by atoms with Gasteiger partial charge in [-0.25, -0.2) is 13.4 Å². The number of nitrogens with one attached hydrogen (secondary N) is 1.